The second-order valence-corrected chi connectivity index (χ2v) is 4.59. The minimum absolute atomic E-state index is 0.310. The molecule has 0 aliphatic carbocycles. The van der Waals surface area contributed by atoms with Gasteiger partial charge < -0.3 is 22.0 Å². The van der Waals surface area contributed by atoms with E-state index in [1.165, 1.54) is 7.11 Å². The van der Waals surface area contributed by atoms with Crippen molar-refractivity contribution >= 4 is 29.6 Å². The molecule has 0 aliphatic heterocycles. The summed E-state index contributed by atoms with van der Waals surface area (Å²) in [4.78, 5) is 11.5. The van der Waals surface area contributed by atoms with Crippen LogP contribution in [0.4, 0.5) is 17.3 Å². The number of carbonyl (C=O) groups excluding carboxylic acids is 1. The Labute approximate surface area is 129 Å². The molecule has 3 nitrogen and oxygen atoms in total. The monoisotopic (exact) mass is 325 g/mol. The first kappa shape index (κ1) is 16.7. The van der Waals surface area contributed by atoms with Gasteiger partial charge in [-0.1, -0.05) is 0 Å². The highest BCUT2D eigenvalue weighted by molar-refractivity contribution is 6.50. The van der Waals surface area contributed by atoms with Gasteiger partial charge in [-0.05, 0) is 24.3 Å². The molecule has 1 aromatic carbocycles. The largest absolute Gasteiger partial charge is 0.673 e. The third-order valence-corrected chi connectivity index (χ3v) is 3.03. The molecular formula is C15H12BF4NO2. The zero-order chi connectivity index (χ0) is 17.0. The van der Waals surface area contributed by atoms with Crippen LogP contribution in [0.3, 0.4) is 0 Å². The molecule has 0 amide bonds. The summed E-state index contributed by atoms with van der Waals surface area (Å²) in [6.07, 6.45) is 2.01. The lowest BCUT2D eigenvalue weighted by molar-refractivity contribution is -0.481. The van der Waals surface area contributed by atoms with Gasteiger partial charge in [0, 0.05) is 29.7 Å². The molecule has 0 spiro atoms. The SMILES string of the molecule is COC(=O)c1ccc2c(ccc3cccc[n+]32)c1.F[B-](F)(F)F. The first-order valence-corrected chi connectivity index (χ1v) is 6.58. The lowest BCUT2D eigenvalue weighted by Gasteiger charge is -2.00. The van der Waals surface area contributed by atoms with Crippen LogP contribution in [0.15, 0.2) is 54.7 Å². The second kappa shape index (κ2) is 6.64. The molecule has 0 bridgehead atoms. The Morgan fingerprint density at radius 2 is 1.74 bits per heavy atom. The number of nitrogens with zero attached hydrogens (tertiary/aromatic N) is 1. The van der Waals surface area contributed by atoms with Gasteiger partial charge in [-0.2, -0.15) is 4.40 Å². The number of methoxy groups -OCH3 is 1. The minimum Gasteiger partial charge on any atom is -0.465 e. The second-order valence-electron chi connectivity index (χ2n) is 4.59. The Morgan fingerprint density at radius 1 is 1.04 bits per heavy atom. The van der Waals surface area contributed by atoms with E-state index in [9.17, 15) is 22.1 Å². The van der Waals surface area contributed by atoms with Gasteiger partial charge in [-0.15, -0.1) is 0 Å². The molecule has 0 saturated heterocycles. The maximum absolute atomic E-state index is 11.5. The van der Waals surface area contributed by atoms with Gasteiger partial charge in [0.2, 0.25) is 11.0 Å². The fourth-order valence-corrected chi connectivity index (χ4v) is 2.14. The molecule has 2 heterocycles. The predicted molar refractivity (Wildman–Crippen MR) is 78.6 cm³/mol. The maximum atomic E-state index is 11.5. The highest BCUT2D eigenvalue weighted by atomic mass is 19.5. The Kier molecular flexibility index (Phi) is 4.83. The summed E-state index contributed by atoms with van der Waals surface area (Å²) >= 11 is 0. The molecule has 0 aliphatic rings. The molecule has 2 aromatic heterocycles. The number of ether oxygens (including phenoxy) is 1. The van der Waals surface area contributed by atoms with Crippen molar-refractivity contribution in [1.82, 2.24) is 0 Å². The van der Waals surface area contributed by atoms with Gasteiger partial charge in [-0.3, -0.25) is 0 Å². The number of benzene rings is 1. The van der Waals surface area contributed by atoms with E-state index in [2.05, 4.69) is 4.40 Å². The predicted octanol–water partition coefficient (Wildman–Crippen LogP) is 3.67. The fraction of sp³-hybridized carbons (Fsp3) is 0.0667. The van der Waals surface area contributed by atoms with E-state index < -0.39 is 7.25 Å². The fourth-order valence-electron chi connectivity index (χ4n) is 2.14. The summed E-state index contributed by atoms with van der Waals surface area (Å²) in [5.74, 6) is -0.310. The van der Waals surface area contributed by atoms with E-state index in [1.807, 2.05) is 48.7 Å². The lowest BCUT2D eigenvalue weighted by atomic mass is 10.1. The Morgan fingerprint density at radius 3 is 2.39 bits per heavy atom. The third kappa shape index (κ3) is 4.42. The van der Waals surface area contributed by atoms with E-state index >= 15 is 0 Å². The zero-order valence-electron chi connectivity index (χ0n) is 12.0. The highest BCUT2D eigenvalue weighted by Crippen LogP contribution is 2.14. The molecule has 0 saturated carbocycles. The number of esters is 1. The van der Waals surface area contributed by atoms with Gasteiger partial charge >= 0.3 is 13.2 Å². The van der Waals surface area contributed by atoms with Crippen molar-refractivity contribution in [2.24, 2.45) is 0 Å². The smallest absolute Gasteiger partial charge is 0.465 e. The summed E-state index contributed by atoms with van der Waals surface area (Å²) < 4.78 is 45.8. The number of rotatable bonds is 1. The normalized spacial score (nSPS) is 11.0. The van der Waals surface area contributed by atoms with Crippen molar-refractivity contribution in [1.29, 1.82) is 0 Å². The third-order valence-electron chi connectivity index (χ3n) is 3.03. The van der Waals surface area contributed by atoms with Gasteiger partial charge in [0.05, 0.1) is 12.7 Å². The van der Waals surface area contributed by atoms with Crippen LogP contribution in [0.5, 0.6) is 0 Å². The average Bonchev–Trinajstić information content (AvgIpc) is 2.52. The summed E-state index contributed by atoms with van der Waals surface area (Å²) in [5, 5.41) is 1.02. The molecule has 0 atom stereocenters. The van der Waals surface area contributed by atoms with Crippen molar-refractivity contribution < 1.29 is 31.2 Å². The van der Waals surface area contributed by atoms with Crippen molar-refractivity contribution in [2.45, 2.75) is 0 Å². The number of halogens is 4. The summed E-state index contributed by atoms with van der Waals surface area (Å²) in [6, 6.07) is 15.7. The van der Waals surface area contributed by atoms with Crippen molar-refractivity contribution in [3.8, 4) is 0 Å². The lowest BCUT2D eigenvalue weighted by Crippen LogP contribution is -2.21. The molecule has 8 heteroatoms. The van der Waals surface area contributed by atoms with Gasteiger partial charge in [0.1, 0.15) is 0 Å². The number of hydrogen-bond acceptors (Lipinski definition) is 2. The van der Waals surface area contributed by atoms with Gasteiger partial charge in [-0.25, -0.2) is 4.79 Å². The first-order chi connectivity index (χ1) is 10.8. The number of pyridine rings is 2. The number of fused-ring (bicyclic) bond motifs is 3. The molecule has 120 valence electrons. The molecule has 3 rings (SSSR count). The number of hydrogen-bond donors (Lipinski definition) is 0. The zero-order valence-corrected chi connectivity index (χ0v) is 12.0. The first-order valence-electron chi connectivity index (χ1n) is 6.58. The Bertz CT molecular complexity index is 846. The van der Waals surface area contributed by atoms with Crippen LogP contribution in [-0.4, -0.2) is 20.3 Å². The standard InChI is InChI=1S/C15H12NO2.BF4/c1-18-15(17)12-6-8-14-11(10-12)5-7-13-4-2-3-9-16(13)14;2-1(3,4)5/h2-10H,1H3;/q+1;-1. The molecule has 3 aromatic rings. The molecule has 0 radical (unpaired) electrons. The summed E-state index contributed by atoms with van der Waals surface area (Å²) in [7, 11) is -4.61. The van der Waals surface area contributed by atoms with E-state index in [0.717, 1.165) is 16.4 Å². The minimum atomic E-state index is -6.00. The van der Waals surface area contributed by atoms with Crippen LogP contribution in [0.25, 0.3) is 16.4 Å². The van der Waals surface area contributed by atoms with Crippen LogP contribution >= 0.6 is 0 Å². The molecule has 23 heavy (non-hydrogen) atoms. The molecule has 0 unspecified atom stereocenters. The van der Waals surface area contributed by atoms with Crippen molar-refractivity contribution in [2.75, 3.05) is 7.11 Å². The quantitative estimate of drug-likeness (QED) is 0.225. The molecular weight excluding hydrogens is 313 g/mol. The number of aromatic nitrogens is 1. The van der Waals surface area contributed by atoms with Crippen LogP contribution in [0.1, 0.15) is 10.4 Å². The van der Waals surface area contributed by atoms with Gasteiger partial charge in [0.25, 0.3) is 0 Å². The molecule has 0 N–H and O–H groups in total. The Hall–Kier alpha value is -2.64. The number of carbonyl (C=O) groups is 1. The summed E-state index contributed by atoms with van der Waals surface area (Å²) in [5.41, 5.74) is 2.76. The highest BCUT2D eigenvalue weighted by Gasteiger charge is 2.20. The molecule has 0 fully saturated rings. The van der Waals surface area contributed by atoms with Crippen molar-refractivity contribution in [3.05, 3.63) is 60.3 Å². The van der Waals surface area contributed by atoms with E-state index in [-0.39, 0.29) is 5.97 Å². The average molecular weight is 325 g/mol. The maximum Gasteiger partial charge on any atom is 0.673 e. The van der Waals surface area contributed by atoms with Crippen molar-refractivity contribution in [3.63, 3.8) is 0 Å². The van der Waals surface area contributed by atoms with E-state index in [4.69, 9.17) is 4.74 Å². The van der Waals surface area contributed by atoms with Crippen LogP contribution < -0.4 is 4.40 Å². The summed E-state index contributed by atoms with van der Waals surface area (Å²) in [6.45, 7) is 0. The Balaban J connectivity index is 0.000000338. The van der Waals surface area contributed by atoms with Crippen LogP contribution in [-0.2, 0) is 4.74 Å². The van der Waals surface area contributed by atoms with Crippen LogP contribution in [0.2, 0.25) is 0 Å². The van der Waals surface area contributed by atoms with E-state index in [1.54, 1.807) is 6.07 Å². The van der Waals surface area contributed by atoms with E-state index in [0.29, 0.717) is 5.56 Å². The van der Waals surface area contributed by atoms with Gasteiger partial charge in [0.15, 0.2) is 6.20 Å². The van der Waals surface area contributed by atoms with Crippen LogP contribution in [0, 0.1) is 0 Å². The topological polar surface area (TPSA) is 30.4 Å².